The van der Waals surface area contributed by atoms with E-state index in [1.165, 1.54) is 6.07 Å². The Morgan fingerprint density at radius 1 is 1.33 bits per heavy atom. The fourth-order valence-electron chi connectivity index (χ4n) is 0.0592. The Labute approximate surface area is 36.6 Å². The van der Waals surface area contributed by atoms with Crippen LogP contribution in [-0.2, 0) is 0 Å². The van der Waals surface area contributed by atoms with E-state index in [2.05, 4.69) is 0 Å². The van der Waals surface area contributed by atoms with Crippen molar-refractivity contribution in [2.45, 2.75) is 0 Å². The molecule has 0 amide bonds. The minimum absolute atomic E-state index is 1.52. The number of hydrogen-bond donors (Lipinski definition) is 0. The van der Waals surface area contributed by atoms with Crippen molar-refractivity contribution in [1.82, 2.24) is 0 Å². The van der Waals surface area contributed by atoms with Gasteiger partial charge in [-0.25, -0.2) is 0 Å². The van der Waals surface area contributed by atoms with Crippen LogP contribution in [0.5, 0.6) is 0 Å². The fourth-order valence-corrected chi connectivity index (χ4v) is 0.0592. The minimum atomic E-state index is 1.52. The molecule has 1 radical (unpaired) electrons. The second kappa shape index (κ2) is 3.61. The molecule has 0 aromatic rings. The van der Waals surface area contributed by atoms with Crippen LogP contribution in [0, 0.1) is 35.5 Å². The molecule has 0 atom stereocenters. The molecule has 0 N–H and O–H groups in total. The SMILES string of the molecule is [C]#CC#CC#N. The van der Waals surface area contributed by atoms with Gasteiger partial charge in [-0.2, -0.15) is 5.26 Å². The van der Waals surface area contributed by atoms with Crippen LogP contribution < -0.4 is 0 Å². The first-order valence-corrected chi connectivity index (χ1v) is 1.22. The largest absolute Gasteiger partial charge is 0.183 e. The number of nitriles is 1. The third-order valence-electron chi connectivity index (χ3n) is 0.181. The highest BCUT2D eigenvalue weighted by Crippen LogP contribution is 1.43. The van der Waals surface area contributed by atoms with Crippen LogP contribution in [0.25, 0.3) is 0 Å². The van der Waals surface area contributed by atoms with E-state index in [4.69, 9.17) is 11.7 Å². The molecule has 0 saturated carbocycles. The maximum absolute atomic E-state index is 7.65. The van der Waals surface area contributed by atoms with Crippen LogP contribution in [-0.4, -0.2) is 0 Å². The highest BCUT2D eigenvalue weighted by Gasteiger charge is 1.46. The van der Waals surface area contributed by atoms with E-state index in [1.807, 2.05) is 11.8 Å². The summed E-state index contributed by atoms with van der Waals surface area (Å²) in [5.74, 6) is 5.69. The molecule has 0 unspecified atom stereocenters. The summed E-state index contributed by atoms with van der Waals surface area (Å²) in [5, 5.41) is 7.65. The van der Waals surface area contributed by atoms with Crippen LogP contribution >= 0.6 is 0 Å². The maximum Gasteiger partial charge on any atom is 0.153 e. The highest BCUT2D eigenvalue weighted by molar-refractivity contribution is 5.27. The van der Waals surface area contributed by atoms with E-state index in [-0.39, 0.29) is 0 Å². The van der Waals surface area contributed by atoms with Gasteiger partial charge in [-0.3, -0.25) is 0 Å². The van der Waals surface area contributed by atoms with Gasteiger partial charge in [-0.15, -0.1) is 0 Å². The van der Waals surface area contributed by atoms with Gasteiger partial charge in [0.15, 0.2) is 6.07 Å². The summed E-state index contributed by atoms with van der Waals surface area (Å²) in [7, 11) is 0. The Bertz CT molecular complexity index is 137. The number of rotatable bonds is 0. The van der Waals surface area contributed by atoms with Crippen molar-refractivity contribution in [2.24, 2.45) is 0 Å². The molecule has 0 aromatic heterocycles. The quantitative estimate of drug-likeness (QED) is 0.374. The van der Waals surface area contributed by atoms with Crippen LogP contribution in [0.1, 0.15) is 0 Å². The standard InChI is InChI=1S/C5N/c1-2-3-4-5-6. The first-order valence-electron chi connectivity index (χ1n) is 1.22. The second-order valence-electron chi connectivity index (χ2n) is 0.487. The van der Waals surface area contributed by atoms with Gasteiger partial charge in [-0.1, -0.05) is 0 Å². The number of nitrogens with zero attached hydrogens (tertiary/aromatic N) is 1. The van der Waals surface area contributed by atoms with Gasteiger partial charge in [0.2, 0.25) is 0 Å². The summed E-state index contributed by atoms with van der Waals surface area (Å²) < 4.78 is 0. The second-order valence-corrected chi connectivity index (χ2v) is 0.487. The van der Waals surface area contributed by atoms with Crippen molar-refractivity contribution in [3.05, 3.63) is 6.42 Å². The molecule has 0 aliphatic rings. The Hall–Kier alpha value is -1.39. The average Bonchev–Trinajstić information content (AvgIpc) is 1.61. The monoisotopic (exact) mass is 74.0 g/mol. The van der Waals surface area contributed by atoms with Gasteiger partial charge in [-0.05, 0) is 0 Å². The molecule has 0 rings (SSSR count). The Morgan fingerprint density at radius 2 is 2.00 bits per heavy atom. The van der Waals surface area contributed by atoms with E-state index in [9.17, 15) is 0 Å². The third kappa shape index (κ3) is 2.61. The summed E-state index contributed by atoms with van der Waals surface area (Å²) in [5.41, 5.74) is 0. The summed E-state index contributed by atoms with van der Waals surface area (Å²) >= 11 is 0. The van der Waals surface area contributed by atoms with E-state index in [0.717, 1.165) is 0 Å². The molecule has 0 spiro atoms. The van der Waals surface area contributed by atoms with Gasteiger partial charge >= 0.3 is 0 Å². The van der Waals surface area contributed by atoms with E-state index >= 15 is 0 Å². The van der Waals surface area contributed by atoms with E-state index in [1.54, 1.807) is 5.92 Å². The highest BCUT2D eigenvalue weighted by atomic mass is 14.2. The summed E-state index contributed by atoms with van der Waals surface area (Å²) in [6.07, 6.45) is 6.13. The predicted molar refractivity (Wildman–Crippen MR) is 20.5 cm³/mol. The zero-order chi connectivity index (χ0) is 4.83. The van der Waals surface area contributed by atoms with Gasteiger partial charge in [0.25, 0.3) is 0 Å². The first-order chi connectivity index (χ1) is 2.91. The molecule has 6 heavy (non-hydrogen) atoms. The Balaban J connectivity index is 3.60. The smallest absolute Gasteiger partial charge is 0.153 e. The van der Waals surface area contributed by atoms with Crippen LogP contribution in [0.3, 0.4) is 0 Å². The average molecular weight is 74.1 g/mol. The molecular weight excluding hydrogens is 74.1 g/mol. The third-order valence-corrected chi connectivity index (χ3v) is 0.181. The molecular formula is C5N. The van der Waals surface area contributed by atoms with Crippen molar-refractivity contribution in [3.8, 4) is 23.8 Å². The van der Waals surface area contributed by atoms with Crippen molar-refractivity contribution >= 4 is 0 Å². The van der Waals surface area contributed by atoms with Crippen molar-refractivity contribution in [2.75, 3.05) is 0 Å². The summed E-state index contributed by atoms with van der Waals surface area (Å²) in [4.78, 5) is 0. The lowest BCUT2D eigenvalue weighted by molar-refractivity contribution is 1.55. The molecule has 0 bridgehead atoms. The molecule has 0 heterocycles. The lowest BCUT2D eigenvalue weighted by Crippen LogP contribution is -1.42. The molecule has 0 aliphatic heterocycles. The summed E-state index contributed by atoms with van der Waals surface area (Å²) in [6, 6.07) is 1.52. The van der Waals surface area contributed by atoms with Crippen molar-refractivity contribution < 1.29 is 0 Å². The molecule has 1 nitrogen and oxygen atoms in total. The van der Waals surface area contributed by atoms with Gasteiger partial charge < -0.3 is 0 Å². The Kier molecular flexibility index (Phi) is 2.77. The Morgan fingerprint density at radius 3 is 2.17 bits per heavy atom. The maximum atomic E-state index is 7.65. The molecule has 25 valence electrons. The lowest BCUT2D eigenvalue weighted by atomic mass is 10.6. The van der Waals surface area contributed by atoms with Gasteiger partial charge in [0, 0.05) is 24.2 Å². The molecule has 0 fully saturated rings. The topological polar surface area (TPSA) is 23.8 Å². The minimum Gasteiger partial charge on any atom is -0.183 e. The van der Waals surface area contributed by atoms with Gasteiger partial charge in [0.05, 0.1) is 0 Å². The van der Waals surface area contributed by atoms with Crippen LogP contribution in [0.4, 0.5) is 0 Å². The molecule has 0 aromatic carbocycles. The molecule has 0 aliphatic carbocycles. The van der Waals surface area contributed by atoms with Crippen molar-refractivity contribution in [1.29, 1.82) is 5.26 Å². The fraction of sp³-hybridized carbons (Fsp3) is 0. The first kappa shape index (κ1) is 4.61. The predicted octanol–water partition coefficient (Wildman–Crippen LogP) is 0.103. The van der Waals surface area contributed by atoms with E-state index < -0.39 is 0 Å². The van der Waals surface area contributed by atoms with Crippen LogP contribution in [0.15, 0.2) is 0 Å². The van der Waals surface area contributed by atoms with Crippen molar-refractivity contribution in [3.63, 3.8) is 0 Å². The normalized spacial score (nSPS) is 3.00. The van der Waals surface area contributed by atoms with Gasteiger partial charge in [0.1, 0.15) is 0 Å². The van der Waals surface area contributed by atoms with E-state index in [0.29, 0.717) is 0 Å². The zero-order valence-electron chi connectivity index (χ0n) is 2.95. The van der Waals surface area contributed by atoms with Crippen LogP contribution in [0.2, 0.25) is 0 Å². The zero-order valence-corrected chi connectivity index (χ0v) is 2.95. The summed E-state index contributed by atoms with van der Waals surface area (Å²) in [6.45, 7) is 0. The molecule has 1 heteroatoms. The lowest BCUT2D eigenvalue weighted by Gasteiger charge is -1.39. The molecule has 0 saturated heterocycles. The number of hydrogen-bond acceptors (Lipinski definition) is 1.